The lowest BCUT2D eigenvalue weighted by molar-refractivity contribution is -0.116. The van der Waals surface area contributed by atoms with E-state index in [1.165, 1.54) is 6.42 Å². The molecule has 1 saturated heterocycles. The summed E-state index contributed by atoms with van der Waals surface area (Å²) in [6.07, 6.45) is 5.46. The standard InChI is InChI=1S/C30H47N5O6/c1-21-18-35(22(2)20-36)29(38)25-17-24(31-28(37)11-12-34-13-15-40-16-14-34)9-10-26(25)41-27(21)19-33(3)30(39)32-23-7-5-4-6-8-23/h9-10,17,21-23,27,36H,4-8,11-16,18-20H2,1-3H3,(H,31,37)(H,32,39)/t21-,22+,27-/m0/s1. The van der Waals surface area contributed by atoms with Gasteiger partial charge in [0.1, 0.15) is 11.9 Å². The van der Waals surface area contributed by atoms with Crippen LogP contribution >= 0.6 is 0 Å². The van der Waals surface area contributed by atoms with Crippen LogP contribution in [0.5, 0.6) is 5.75 Å². The van der Waals surface area contributed by atoms with Gasteiger partial charge in [-0.2, -0.15) is 0 Å². The molecule has 1 aromatic carbocycles. The monoisotopic (exact) mass is 573 g/mol. The van der Waals surface area contributed by atoms with Crippen molar-refractivity contribution in [2.45, 2.75) is 70.6 Å². The molecule has 2 aliphatic heterocycles. The fraction of sp³-hybridized carbons (Fsp3) is 0.700. The highest BCUT2D eigenvalue weighted by Crippen LogP contribution is 2.31. The third-order valence-electron chi connectivity index (χ3n) is 8.44. The fourth-order valence-electron chi connectivity index (χ4n) is 5.71. The number of amides is 4. The third kappa shape index (κ3) is 8.56. The van der Waals surface area contributed by atoms with Crippen molar-refractivity contribution in [3.63, 3.8) is 0 Å². The van der Waals surface area contributed by atoms with Crippen LogP contribution < -0.4 is 15.4 Å². The predicted molar refractivity (Wildman–Crippen MR) is 156 cm³/mol. The zero-order valence-corrected chi connectivity index (χ0v) is 24.8. The van der Waals surface area contributed by atoms with Gasteiger partial charge in [-0.05, 0) is 38.0 Å². The van der Waals surface area contributed by atoms with Crippen LogP contribution in [-0.4, -0.2) is 115 Å². The SMILES string of the molecule is C[C@H](CO)N1C[C@H](C)[C@H](CN(C)C(=O)NC2CCCCC2)Oc2ccc(NC(=O)CCN3CCOCC3)cc2C1=O. The topological polar surface area (TPSA) is 124 Å². The molecule has 11 nitrogen and oxygen atoms in total. The normalized spacial score (nSPS) is 23.0. The molecule has 0 unspecified atom stereocenters. The Bertz CT molecular complexity index is 1040. The number of rotatable bonds is 9. The second kappa shape index (κ2) is 14.8. The maximum atomic E-state index is 13.7. The van der Waals surface area contributed by atoms with Crippen molar-refractivity contribution in [2.24, 2.45) is 5.92 Å². The molecule has 41 heavy (non-hydrogen) atoms. The zero-order chi connectivity index (χ0) is 29.4. The molecule has 2 heterocycles. The van der Waals surface area contributed by atoms with Gasteiger partial charge < -0.3 is 35.0 Å². The summed E-state index contributed by atoms with van der Waals surface area (Å²) < 4.78 is 11.8. The number of hydrogen-bond donors (Lipinski definition) is 3. The Hall–Kier alpha value is -2.89. The van der Waals surface area contributed by atoms with Crippen molar-refractivity contribution in [2.75, 3.05) is 64.9 Å². The van der Waals surface area contributed by atoms with E-state index in [0.717, 1.165) is 38.8 Å². The largest absolute Gasteiger partial charge is 0.487 e. The molecular formula is C30H47N5O6. The molecule has 1 aliphatic carbocycles. The summed E-state index contributed by atoms with van der Waals surface area (Å²) in [4.78, 5) is 44.9. The Morgan fingerprint density at radius 1 is 1.17 bits per heavy atom. The van der Waals surface area contributed by atoms with Crippen molar-refractivity contribution in [3.8, 4) is 5.75 Å². The maximum Gasteiger partial charge on any atom is 0.317 e. The van der Waals surface area contributed by atoms with Crippen LogP contribution in [0.15, 0.2) is 18.2 Å². The lowest BCUT2D eigenvalue weighted by Crippen LogP contribution is -2.52. The van der Waals surface area contributed by atoms with E-state index in [4.69, 9.17) is 9.47 Å². The first kappa shape index (κ1) is 31.1. The lowest BCUT2D eigenvalue weighted by Gasteiger charge is -2.38. The van der Waals surface area contributed by atoms with E-state index in [2.05, 4.69) is 15.5 Å². The maximum absolute atomic E-state index is 13.7. The molecule has 228 valence electrons. The Morgan fingerprint density at radius 3 is 2.61 bits per heavy atom. The highest BCUT2D eigenvalue weighted by atomic mass is 16.5. The molecule has 3 N–H and O–H groups in total. The Balaban J connectivity index is 1.47. The first-order valence-corrected chi connectivity index (χ1v) is 15.1. The van der Waals surface area contributed by atoms with Crippen LogP contribution in [-0.2, 0) is 9.53 Å². The summed E-state index contributed by atoms with van der Waals surface area (Å²) in [5.74, 6) is -0.104. The van der Waals surface area contributed by atoms with E-state index < -0.39 is 6.04 Å². The molecule has 0 radical (unpaired) electrons. The molecule has 1 saturated carbocycles. The Morgan fingerprint density at radius 2 is 1.90 bits per heavy atom. The number of urea groups is 1. The summed E-state index contributed by atoms with van der Waals surface area (Å²) >= 11 is 0. The summed E-state index contributed by atoms with van der Waals surface area (Å²) in [5.41, 5.74) is 0.834. The van der Waals surface area contributed by atoms with E-state index in [9.17, 15) is 19.5 Å². The second-order valence-electron chi connectivity index (χ2n) is 11.8. The highest BCUT2D eigenvalue weighted by molar-refractivity contribution is 6.00. The van der Waals surface area contributed by atoms with Crippen LogP contribution in [0.25, 0.3) is 0 Å². The van der Waals surface area contributed by atoms with Crippen molar-refractivity contribution in [1.29, 1.82) is 0 Å². The number of anilines is 1. The van der Waals surface area contributed by atoms with Crippen molar-refractivity contribution >= 4 is 23.5 Å². The Labute approximate surface area is 243 Å². The van der Waals surface area contributed by atoms with Crippen molar-refractivity contribution in [1.82, 2.24) is 20.0 Å². The molecule has 0 spiro atoms. The molecule has 2 fully saturated rings. The smallest absolute Gasteiger partial charge is 0.317 e. The van der Waals surface area contributed by atoms with Gasteiger partial charge >= 0.3 is 6.03 Å². The van der Waals surface area contributed by atoms with Gasteiger partial charge in [-0.3, -0.25) is 14.5 Å². The van der Waals surface area contributed by atoms with Gasteiger partial charge in [-0.1, -0.05) is 26.2 Å². The number of likely N-dealkylation sites (N-methyl/N-ethyl adjacent to an activating group) is 1. The number of carbonyl (C=O) groups excluding carboxylic acids is 3. The van der Waals surface area contributed by atoms with E-state index in [-0.39, 0.29) is 42.5 Å². The number of hydrogen-bond acceptors (Lipinski definition) is 7. The van der Waals surface area contributed by atoms with Crippen LogP contribution in [0.3, 0.4) is 0 Å². The van der Waals surface area contributed by atoms with Gasteiger partial charge in [-0.15, -0.1) is 0 Å². The first-order valence-electron chi connectivity index (χ1n) is 15.1. The predicted octanol–water partition coefficient (Wildman–Crippen LogP) is 2.54. The van der Waals surface area contributed by atoms with Crippen LogP contribution in [0, 0.1) is 5.92 Å². The minimum atomic E-state index is -0.407. The minimum absolute atomic E-state index is 0.106. The summed E-state index contributed by atoms with van der Waals surface area (Å²) in [5, 5.41) is 16.0. The molecule has 11 heteroatoms. The molecule has 4 rings (SSSR count). The van der Waals surface area contributed by atoms with E-state index in [1.807, 2.05) is 13.8 Å². The second-order valence-corrected chi connectivity index (χ2v) is 11.8. The lowest BCUT2D eigenvalue weighted by atomic mass is 9.96. The molecule has 4 amide bonds. The number of fused-ring (bicyclic) bond motifs is 1. The fourth-order valence-corrected chi connectivity index (χ4v) is 5.71. The molecule has 3 atom stereocenters. The molecule has 0 aromatic heterocycles. The minimum Gasteiger partial charge on any atom is -0.487 e. The van der Waals surface area contributed by atoms with E-state index in [0.29, 0.717) is 56.3 Å². The molecule has 3 aliphatic rings. The van der Waals surface area contributed by atoms with Gasteiger partial charge in [0, 0.05) is 57.3 Å². The first-order chi connectivity index (χ1) is 19.7. The third-order valence-corrected chi connectivity index (χ3v) is 8.44. The van der Waals surface area contributed by atoms with Gasteiger partial charge in [0.25, 0.3) is 5.91 Å². The zero-order valence-electron chi connectivity index (χ0n) is 24.8. The van der Waals surface area contributed by atoms with Gasteiger partial charge in [-0.25, -0.2) is 4.79 Å². The number of benzene rings is 1. The summed E-state index contributed by atoms with van der Waals surface area (Å²) in [6.45, 7) is 7.95. The van der Waals surface area contributed by atoms with Crippen LogP contribution in [0.2, 0.25) is 0 Å². The number of carbonyl (C=O) groups is 3. The quantitative estimate of drug-likeness (QED) is 0.415. The van der Waals surface area contributed by atoms with E-state index >= 15 is 0 Å². The van der Waals surface area contributed by atoms with Crippen LogP contribution in [0.4, 0.5) is 10.5 Å². The van der Waals surface area contributed by atoms with Gasteiger partial charge in [0.2, 0.25) is 5.91 Å². The average Bonchev–Trinajstić information content (AvgIpc) is 2.98. The summed E-state index contributed by atoms with van der Waals surface area (Å²) in [7, 11) is 1.77. The van der Waals surface area contributed by atoms with Gasteiger partial charge in [0.05, 0.1) is 38.0 Å². The molecule has 1 aromatic rings. The van der Waals surface area contributed by atoms with Crippen molar-refractivity contribution < 1.29 is 29.0 Å². The molecular weight excluding hydrogens is 526 g/mol. The van der Waals surface area contributed by atoms with Crippen molar-refractivity contribution in [3.05, 3.63) is 23.8 Å². The summed E-state index contributed by atoms with van der Waals surface area (Å²) in [6, 6.07) is 4.77. The Kier molecular flexibility index (Phi) is 11.2. The highest BCUT2D eigenvalue weighted by Gasteiger charge is 2.34. The van der Waals surface area contributed by atoms with Gasteiger partial charge in [0.15, 0.2) is 0 Å². The number of aliphatic hydroxyl groups is 1. The molecule has 0 bridgehead atoms. The van der Waals surface area contributed by atoms with E-state index in [1.54, 1.807) is 35.0 Å². The number of ether oxygens (including phenoxy) is 2. The average molecular weight is 574 g/mol. The number of aliphatic hydroxyl groups excluding tert-OH is 1. The number of morpholine rings is 1. The van der Waals surface area contributed by atoms with Crippen LogP contribution in [0.1, 0.15) is 62.7 Å². The number of nitrogens with one attached hydrogen (secondary N) is 2. The number of nitrogens with zero attached hydrogens (tertiary/aromatic N) is 3.